The number of rotatable bonds is 3. The molecular formula is C12H17NO2S. The number of nitrogens with two attached hydrogens (primary N) is 1. The van der Waals surface area contributed by atoms with E-state index >= 15 is 0 Å². The summed E-state index contributed by atoms with van der Waals surface area (Å²) in [6.07, 6.45) is 1.03. The summed E-state index contributed by atoms with van der Waals surface area (Å²) in [6, 6.07) is 5.60. The molecule has 1 aromatic rings. The van der Waals surface area contributed by atoms with Gasteiger partial charge in [0.25, 0.3) is 0 Å². The van der Waals surface area contributed by atoms with E-state index < -0.39 is 10.8 Å². The van der Waals surface area contributed by atoms with Gasteiger partial charge in [-0.2, -0.15) is 0 Å². The molecule has 0 amide bonds. The van der Waals surface area contributed by atoms with Gasteiger partial charge < -0.3 is 10.5 Å². The molecule has 1 heterocycles. The topological polar surface area (TPSA) is 52.3 Å². The van der Waals surface area contributed by atoms with Crippen molar-refractivity contribution in [1.82, 2.24) is 0 Å². The maximum absolute atomic E-state index is 12.1. The van der Waals surface area contributed by atoms with E-state index in [9.17, 15) is 4.21 Å². The zero-order chi connectivity index (χ0) is 11.5. The van der Waals surface area contributed by atoms with Gasteiger partial charge in [0.1, 0.15) is 0 Å². The largest absolute Gasteiger partial charge is 0.399 e. The Hall–Kier alpha value is -0.870. The number of nitrogen functional groups attached to an aromatic ring is 1. The van der Waals surface area contributed by atoms with Gasteiger partial charge in [-0.25, -0.2) is 0 Å². The minimum atomic E-state index is -0.927. The highest BCUT2D eigenvalue weighted by Crippen LogP contribution is 2.20. The molecule has 2 N–H and O–H groups in total. The molecule has 1 aromatic carbocycles. The Morgan fingerprint density at radius 2 is 2.38 bits per heavy atom. The molecule has 4 heteroatoms. The van der Waals surface area contributed by atoms with Crippen LogP contribution in [0, 0.1) is 12.8 Å². The average molecular weight is 239 g/mol. The van der Waals surface area contributed by atoms with Crippen molar-refractivity contribution in [3.8, 4) is 0 Å². The quantitative estimate of drug-likeness (QED) is 0.817. The van der Waals surface area contributed by atoms with E-state index in [-0.39, 0.29) is 0 Å². The number of aryl methyl sites for hydroxylation is 1. The molecule has 0 spiro atoms. The van der Waals surface area contributed by atoms with E-state index in [4.69, 9.17) is 10.5 Å². The molecule has 2 atom stereocenters. The van der Waals surface area contributed by atoms with Crippen molar-refractivity contribution < 1.29 is 8.95 Å². The predicted octanol–water partition coefficient (Wildman–Crippen LogP) is 1.72. The third-order valence-corrected chi connectivity index (χ3v) is 4.47. The summed E-state index contributed by atoms with van der Waals surface area (Å²) in [5.41, 5.74) is 7.48. The molecule has 0 aliphatic carbocycles. The summed E-state index contributed by atoms with van der Waals surface area (Å²) in [5.74, 6) is 1.14. The van der Waals surface area contributed by atoms with Crippen LogP contribution in [0.15, 0.2) is 23.1 Å². The predicted molar refractivity (Wildman–Crippen MR) is 65.8 cm³/mol. The fraction of sp³-hybridized carbons (Fsp3) is 0.500. The fourth-order valence-electron chi connectivity index (χ4n) is 1.81. The van der Waals surface area contributed by atoms with Crippen molar-refractivity contribution in [2.75, 3.05) is 24.7 Å². The van der Waals surface area contributed by atoms with Crippen LogP contribution >= 0.6 is 0 Å². The van der Waals surface area contributed by atoms with E-state index in [0.29, 0.717) is 11.7 Å². The third kappa shape index (κ3) is 2.62. The Morgan fingerprint density at radius 3 is 3.00 bits per heavy atom. The van der Waals surface area contributed by atoms with Crippen molar-refractivity contribution in [2.24, 2.45) is 5.92 Å². The van der Waals surface area contributed by atoms with Gasteiger partial charge in [-0.3, -0.25) is 4.21 Å². The lowest BCUT2D eigenvalue weighted by Gasteiger charge is -2.08. The standard InChI is InChI=1S/C12H17NO2S/c1-9-6-11(2-3-12(9)13)16(14)8-10-4-5-15-7-10/h2-3,6,10H,4-5,7-8,13H2,1H3. The van der Waals surface area contributed by atoms with E-state index in [1.807, 2.05) is 25.1 Å². The maximum Gasteiger partial charge on any atom is 0.0533 e. The van der Waals surface area contributed by atoms with Crippen LogP contribution in [0.5, 0.6) is 0 Å². The highest BCUT2D eigenvalue weighted by Gasteiger charge is 2.19. The number of benzene rings is 1. The molecule has 0 radical (unpaired) electrons. The molecule has 1 fully saturated rings. The second kappa shape index (κ2) is 4.97. The highest BCUT2D eigenvalue weighted by molar-refractivity contribution is 7.85. The van der Waals surface area contributed by atoms with Crippen molar-refractivity contribution in [1.29, 1.82) is 0 Å². The van der Waals surface area contributed by atoms with E-state index in [2.05, 4.69) is 0 Å². The molecule has 2 rings (SSSR count). The van der Waals surface area contributed by atoms with E-state index in [1.54, 1.807) is 0 Å². The van der Waals surface area contributed by atoms with Gasteiger partial charge in [0.15, 0.2) is 0 Å². The first-order chi connectivity index (χ1) is 7.66. The molecule has 1 aliphatic heterocycles. The monoisotopic (exact) mass is 239 g/mol. The van der Waals surface area contributed by atoms with Gasteiger partial charge in [-0.15, -0.1) is 0 Å². The molecule has 1 saturated heterocycles. The van der Waals surface area contributed by atoms with Gasteiger partial charge in [-0.1, -0.05) is 0 Å². The Bertz CT molecular complexity index is 400. The second-order valence-electron chi connectivity index (χ2n) is 4.26. The summed E-state index contributed by atoms with van der Waals surface area (Å²) in [7, 11) is -0.927. The fourth-order valence-corrected chi connectivity index (χ4v) is 3.23. The summed E-state index contributed by atoms with van der Waals surface area (Å²) in [6.45, 7) is 3.50. The Kier molecular flexibility index (Phi) is 3.61. The third-order valence-electron chi connectivity index (χ3n) is 2.92. The molecule has 0 saturated carbocycles. The van der Waals surface area contributed by atoms with Crippen LogP contribution in [-0.4, -0.2) is 23.2 Å². The molecule has 0 bridgehead atoms. The lowest BCUT2D eigenvalue weighted by Crippen LogP contribution is -2.11. The maximum atomic E-state index is 12.1. The van der Waals surface area contributed by atoms with Crippen LogP contribution in [0.25, 0.3) is 0 Å². The minimum absolute atomic E-state index is 0.443. The van der Waals surface area contributed by atoms with Crippen LogP contribution < -0.4 is 5.73 Å². The number of hydrogen-bond donors (Lipinski definition) is 1. The lowest BCUT2D eigenvalue weighted by atomic mass is 10.2. The number of ether oxygens (including phenoxy) is 1. The molecule has 16 heavy (non-hydrogen) atoms. The van der Waals surface area contributed by atoms with Crippen LogP contribution in [0.2, 0.25) is 0 Å². The van der Waals surface area contributed by atoms with Gasteiger partial charge in [0.05, 0.1) is 17.4 Å². The molecule has 88 valence electrons. The summed E-state index contributed by atoms with van der Waals surface area (Å²) >= 11 is 0. The Morgan fingerprint density at radius 1 is 1.56 bits per heavy atom. The Balaban J connectivity index is 2.05. The van der Waals surface area contributed by atoms with Crippen molar-refractivity contribution >= 4 is 16.5 Å². The van der Waals surface area contributed by atoms with Crippen LogP contribution in [0.4, 0.5) is 5.69 Å². The molecular weight excluding hydrogens is 222 g/mol. The van der Waals surface area contributed by atoms with Crippen molar-refractivity contribution in [2.45, 2.75) is 18.2 Å². The van der Waals surface area contributed by atoms with Crippen molar-refractivity contribution in [3.05, 3.63) is 23.8 Å². The summed E-state index contributed by atoms with van der Waals surface area (Å²) < 4.78 is 17.4. The molecule has 0 aromatic heterocycles. The van der Waals surface area contributed by atoms with Crippen LogP contribution in [0.1, 0.15) is 12.0 Å². The SMILES string of the molecule is Cc1cc(S(=O)CC2CCOC2)ccc1N. The summed E-state index contributed by atoms with van der Waals surface area (Å²) in [5, 5.41) is 0. The van der Waals surface area contributed by atoms with Crippen LogP contribution in [-0.2, 0) is 15.5 Å². The van der Waals surface area contributed by atoms with Crippen molar-refractivity contribution in [3.63, 3.8) is 0 Å². The second-order valence-corrected chi connectivity index (χ2v) is 5.76. The summed E-state index contributed by atoms with van der Waals surface area (Å²) in [4.78, 5) is 0.874. The average Bonchev–Trinajstić information content (AvgIpc) is 2.74. The first-order valence-electron chi connectivity index (χ1n) is 5.49. The number of hydrogen-bond acceptors (Lipinski definition) is 3. The Labute approximate surface area is 98.4 Å². The van der Waals surface area contributed by atoms with Gasteiger partial charge in [0, 0.05) is 22.9 Å². The zero-order valence-electron chi connectivity index (χ0n) is 9.44. The first-order valence-corrected chi connectivity index (χ1v) is 6.81. The lowest BCUT2D eigenvalue weighted by molar-refractivity contribution is 0.189. The normalized spacial score (nSPS) is 22.2. The first kappa shape index (κ1) is 11.6. The van der Waals surface area contributed by atoms with Gasteiger partial charge in [-0.05, 0) is 43.0 Å². The van der Waals surface area contributed by atoms with Gasteiger partial charge >= 0.3 is 0 Å². The van der Waals surface area contributed by atoms with Crippen LogP contribution in [0.3, 0.4) is 0 Å². The highest BCUT2D eigenvalue weighted by atomic mass is 32.2. The molecule has 3 nitrogen and oxygen atoms in total. The zero-order valence-corrected chi connectivity index (χ0v) is 10.3. The molecule has 1 aliphatic rings. The van der Waals surface area contributed by atoms with E-state index in [0.717, 1.165) is 35.8 Å². The molecule has 2 unspecified atom stereocenters. The van der Waals surface area contributed by atoms with E-state index in [1.165, 1.54) is 0 Å². The number of anilines is 1. The smallest absolute Gasteiger partial charge is 0.0533 e. The van der Waals surface area contributed by atoms with Gasteiger partial charge in [0.2, 0.25) is 0 Å². The minimum Gasteiger partial charge on any atom is -0.399 e.